The molecule has 0 saturated carbocycles. The Balaban J connectivity index is 1.68. The van der Waals surface area contributed by atoms with E-state index in [-0.39, 0.29) is 0 Å². The number of halogens is 2. The minimum atomic E-state index is 0.437. The van der Waals surface area contributed by atoms with Gasteiger partial charge in [0.1, 0.15) is 12.4 Å². The molecule has 26 heavy (non-hydrogen) atoms. The van der Waals surface area contributed by atoms with Crippen LogP contribution in [0.4, 0.5) is 5.69 Å². The first-order chi connectivity index (χ1) is 12.5. The smallest absolute Gasteiger partial charge is 0.138 e. The van der Waals surface area contributed by atoms with Gasteiger partial charge in [0.2, 0.25) is 0 Å². The van der Waals surface area contributed by atoms with Crippen molar-refractivity contribution in [2.75, 3.05) is 0 Å². The van der Waals surface area contributed by atoms with Crippen molar-refractivity contribution in [3.63, 3.8) is 0 Å². The summed E-state index contributed by atoms with van der Waals surface area (Å²) in [6, 6.07) is 19.4. The summed E-state index contributed by atoms with van der Waals surface area (Å²) in [5, 5.41) is 1.27. The minimum absolute atomic E-state index is 0.437. The average molecular weight is 384 g/mol. The highest BCUT2D eigenvalue weighted by Crippen LogP contribution is 2.26. The molecule has 4 heteroatoms. The number of hydrogen-bond acceptors (Lipinski definition) is 2. The molecule has 0 radical (unpaired) electrons. The topological polar surface area (TPSA) is 21.6 Å². The standard InChI is InChI=1S/C22H19Cl2NO/c1-15-3-9-21(16(2)11-15)25-13-18-6-10-22(20(24)12-18)26-14-17-4-7-19(23)8-5-17/h3-13H,14H2,1-2H3. The van der Waals surface area contributed by atoms with Crippen molar-refractivity contribution in [2.24, 2.45) is 4.99 Å². The summed E-state index contributed by atoms with van der Waals surface area (Å²) < 4.78 is 5.79. The molecule has 0 aromatic heterocycles. The largest absolute Gasteiger partial charge is 0.487 e. The van der Waals surface area contributed by atoms with Gasteiger partial charge in [0, 0.05) is 11.2 Å². The van der Waals surface area contributed by atoms with Crippen LogP contribution in [-0.2, 0) is 6.61 Å². The van der Waals surface area contributed by atoms with Gasteiger partial charge in [-0.15, -0.1) is 0 Å². The number of rotatable bonds is 5. The van der Waals surface area contributed by atoms with Crippen LogP contribution >= 0.6 is 23.2 Å². The quantitative estimate of drug-likeness (QED) is 0.437. The van der Waals surface area contributed by atoms with E-state index in [0.717, 1.165) is 22.4 Å². The third kappa shape index (κ3) is 4.87. The predicted molar refractivity (Wildman–Crippen MR) is 110 cm³/mol. The van der Waals surface area contributed by atoms with Crippen molar-refractivity contribution in [3.8, 4) is 5.75 Å². The van der Waals surface area contributed by atoms with E-state index >= 15 is 0 Å². The van der Waals surface area contributed by atoms with Gasteiger partial charge in [0.05, 0.1) is 10.7 Å². The summed E-state index contributed by atoms with van der Waals surface area (Å²) >= 11 is 12.2. The number of aliphatic imine (C=N–C) groups is 1. The number of aryl methyl sites for hydroxylation is 2. The van der Waals surface area contributed by atoms with Crippen molar-refractivity contribution in [2.45, 2.75) is 20.5 Å². The van der Waals surface area contributed by atoms with Crippen LogP contribution in [0.1, 0.15) is 22.3 Å². The molecule has 0 atom stereocenters. The fourth-order valence-corrected chi connectivity index (χ4v) is 2.92. The summed E-state index contributed by atoms with van der Waals surface area (Å²) in [6.07, 6.45) is 1.81. The minimum Gasteiger partial charge on any atom is -0.487 e. The first-order valence-electron chi connectivity index (χ1n) is 8.29. The van der Waals surface area contributed by atoms with Crippen LogP contribution < -0.4 is 4.74 Å². The first kappa shape index (κ1) is 18.5. The summed E-state index contributed by atoms with van der Waals surface area (Å²) in [4.78, 5) is 4.55. The van der Waals surface area contributed by atoms with E-state index in [0.29, 0.717) is 22.4 Å². The number of ether oxygens (including phenoxy) is 1. The number of benzene rings is 3. The lowest BCUT2D eigenvalue weighted by atomic mass is 10.1. The van der Waals surface area contributed by atoms with Gasteiger partial charge in [-0.25, -0.2) is 0 Å². The van der Waals surface area contributed by atoms with Crippen molar-refractivity contribution < 1.29 is 4.74 Å². The highest BCUT2D eigenvalue weighted by molar-refractivity contribution is 6.32. The zero-order valence-corrected chi connectivity index (χ0v) is 16.2. The van der Waals surface area contributed by atoms with E-state index in [2.05, 4.69) is 31.0 Å². The molecule has 0 saturated heterocycles. The summed E-state index contributed by atoms with van der Waals surface area (Å²) in [5.74, 6) is 0.644. The molecule has 0 aliphatic carbocycles. The normalized spacial score (nSPS) is 11.1. The van der Waals surface area contributed by atoms with Gasteiger partial charge in [0.25, 0.3) is 0 Å². The van der Waals surface area contributed by atoms with Gasteiger partial charge in [-0.2, -0.15) is 0 Å². The fraction of sp³-hybridized carbons (Fsp3) is 0.136. The molecule has 2 nitrogen and oxygen atoms in total. The predicted octanol–water partition coefficient (Wildman–Crippen LogP) is 6.94. The maximum absolute atomic E-state index is 6.35. The van der Waals surface area contributed by atoms with Crippen LogP contribution in [0.2, 0.25) is 10.0 Å². The maximum Gasteiger partial charge on any atom is 0.138 e. The molecule has 3 aromatic rings. The Morgan fingerprint density at radius 1 is 0.923 bits per heavy atom. The van der Waals surface area contributed by atoms with E-state index < -0.39 is 0 Å². The zero-order chi connectivity index (χ0) is 18.5. The van der Waals surface area contributed by atoms with E-state index in [4.69, 9.17) is 27.9 Å². The average Bonchev–Trinajstić information content (AvgIpc) is 2.61. The lowest BCUT2D eigenvalue weighted by molar-refractivity contribution is 0.306. The summed E-state index contributed by atoms with van der Waals surface area (Å²) in [7, 11) is 0. The van der Waals surface area contributed by atoms with Crippen LogP contribution in [0, 0.1) is 13.8 Å². The van der Waals surface area contributed by atoms with Gasteiger partial charge < -0.3 is 4.74 Å². The van der Waals surface area contributed by atoms with Gasteiger partial charge in [0.15, 0.2) is 0 Å². The van der Waals surface area contributed by atoms with Gasteiger partial charge >= 0.3 is 0 Å². The van der Waals surface area contributed by atoms with Crippen LogP contribution in [0.15, 0.2) is 65.7 Å². The number of hydrogen-bond donors (Lipinski definition) is 0. The Kier molecular flexibility index (Phi) is 5.97. The molecular weight excluding hydrogens is 365 g/mol. The molecule has 0 N–H and O–H groups in total. The second-order valence-electron chi connectivity index (χ2n) is 6.15. The molecule has 0 heterocycles. The molecule has 0 bridgehead atoms. The third-order valence-electron chi connectivity index (χ3n) is 3.97. The van der Waals surface area contributed by atoms with Crippen LogP contribution in [-0.4, -0.2) is 6.21 Å². The second kappa shape index (κ2) is 8.39. The molecule has 3 rings (SSSR count). The highest BCUT2D eigenvalue weighted by Gasteiger charge is 2.04. The Morgan fingerprint density at radius 3 is 2.38 bits per heavy atom. The molecule has 0 aliphatic heterocycles. The molecular formula is C22H19Cl2NO. The maximum atomic E-state index is 6.35. The molecule has 132 valence electrons. The van der Waals surface area contributed by atoms with Crippen molar-refractivity contribution in [1.82, 2.24) is 0 Å². The SMILES string of the molecule is Cc1ccc(N=Cc2ccc(OCc3ccc(Cl)cc3)c(Cl)c2)c(C)c1. The molecule has 0 unspecified atom stereocenters. The molecule has 0 aliphatic rings. The van der Waals surface area contributed by atoms with Gasteiger partial charge in [-0.05, 0) is 66.9 Å². The van der Waals surface area contributed by atoms with Crippen LogP contribution in [0.3, 0.4) is 0 Å². The monoisotopic (exact) mass is 383 g/mol. The van der Waals surface area contributed by atoms with E-state index in [1.54, 1.807) is 0 Å². The lowest BCUT2D eigenvalue weighted by Gasteiger charge is -2.09. The van der Waals surface area contributed by atoms with Crippen LogP contribution in [0.25, 0.3) is 0 Å². The Hall–Kier alpha value is -2.29. The molecule has 0 spiro atoms. The molecule has 0 fully saturated rings. The highest BCUT2D eigenvalue weighted by atomic mass is 35.5. The van der Waals surface area contributed by atoms with E-state index in [1.807, 2.05) is 54.7 Å². The Morgan fingerprint density at radius 2 is 1.69 bits per heavy atom. The fourth-order valence-electron chi connectivity index (χ4n) is 2.55. The molecule has 3 aromatic carbocycles. The summed E-state index contributed by atoms with van der Waals surface area (Å²) in [6.45, 7) is 4.57. The van der Waals surface area contributed by atoms with Crippen molar-refractivity contribution in [3.05, 3.63) is 93.0 Å². The van der Waals surface area contributed by atoms with Gasteiger partial charge in [-0.1, -0.05) is 53.0 Å². The Bertz CT molecular complexity index is 933. The first-order valence-corrected chi connectivity index (χ1v) is 9.05. The van der Waals surface area contributed by atoms with Crippen molar-refractivity contribution in [1.29, 1.82) is 0 Å². The van der Waals surface area contributed by atoms with Crippen LogP contribution in [0.5, 0.6) is 5.75 Å². The number of nitrogens with zero attached hydrogens (tertiary/aromatic N) is 1. The van der Waals surface area contributed by atoms with Crippen molar-refractivity contribution >= 4 is 35.1 Å². The van der Waals surface area contributed by atoms with E-state index in [9.17, 15) is 0 Å². The van der Waals surface area contributed by atoms with Gasteiger partial charge in [-0.3, -0.25) is 4.99 Å². The Labute approximate surface area is 164 Å². The lowest BCUT2D eigenvalue weighted by Crippen LogP contribution is -1.96. The third-order valence-corrected chi connectivity index (χ3v) is 4.52. The van der Waals surface area contributed by atoms with E-state index in [1.165, 1.54) is 5.56 Å². The second-order valence-corrected chi connectivity index (χ2v) is 7.00. The summed E-state index contributed by atoms with van der Waals surface area (Å²) in [5.41, 5.74) is 5.29. The molecule has 0 amide bonds. The zero-order valence-electron chi connectivity index (χ0n) is 14.7.